The number of carbonyl (C=O) groups is 3. The zero-order chi connectivity index (χ0) is 17.5. The topological polar surface area (TPSA) is 91.4 Å². The Balaban J connectivity index is 1.83. The highest BCUT2D eigenvalue weighted by molar-refractivity contribution is 7.22. The van der Waals surface area contributed by atoms with E-state index in [9.17, 15) is 14.4 Å². The van der Waals surface area contributed by atoms with Crippen molar-refractivity contribution in [3.63, 3.8) is 0 Å². The third-order valence-corrected chi connectivity index (χ3v) is 4.37. The van der Waals surface area contributed by atoms with Gasteiger partial charge in [0.25, 0.3) is 0 Å². The van der Waals surface area contributed by atoms with Gasteiger partial charge in [-0.3, -0.25) is 9.59 Å². The van der Waals surface area contributed by atoms with E-state index in [2.05, 4.69) is 15.6 Å². The molecule has 0 aliphatic carbocycles. The number of benzene rings is 1. The third-order valence-electron chi connectivity index (χ3n) is 3.37. The molecule has 1 fully saturated rings. The van der Waals surface area contributed by atoms with E-state index in [-0.39, 0.29) is 36.2 Å². The maximum absolute atomic E-state index is 11.9. The number of nitrogens with zero attached hydrogens (tertiary/aromatic N) is 2. The minimum absolute atomic E-state index is 0.220. The average molecular weight is 346 g/mol. The van der Waals surface area contributed by atoms with Crippen LogP contribution in [0.5, 0.6) is 0 Å². The Bertz CT molecular complexity index is 821. The predicted molar refractivity (Wildman–Crippen MR) is 93.3 cm³/mol. The standard InChI is InChI=1S/C16H18N4O3S/c1-16(2,3)19-14(23)17-9-4-5-10-11(8-9)24-15(18-10)20-12(21)6-7-13(20)22/h4-5,8H,6-7H2,1-3H3,(H2,17,19,23). The number of fused-ring (bicyclic) bond motifs is 1. The molecule has 2 N–H and O–H groups in total. The molecule has 1 saturated heterocycles. The van der Waals surface area contributed by atoms with Crippen molar-refractivity contribution >= 4 is 50.2 Å². The van der Waals surface area contributed by atoms with Crippen molar-refractivity contribution in [2.75, 3.05) is 10.2 Å². The second-order valence-corrected chi connectivity index (χ2v) is 7.64. The van der Waals surface area contributed by atoms with Gasteiger partial charge in [-0.15, -0.1) is 0 Å². The molecule has 0 radical (unpaired) electrons. The van der Waals surface area contributed by atoms with E-state index in [1.807, 2.05) is 20.8 Å². The summed E-state index contributed by atoms with van der Waals surface area (Å²) < 4.78 is 0.797. The Hall–Kier alpha value is -2.48. The molecular formula is C16H18N4O3S. The van der Waals surface area contributed by atoms with Gasteiger partial charge in [-0.2, -0.15) is 0 Å². The normalized spacial score (nSPS) is 15.2. The summed E-state index contributed by atoms with van der Waals surface area (Å²) >= 11 is 1.26. The highest BCUT2D eigenvalue weighted by Crippen LogP contribution is 2.33. The van der Waals surface area contributed by atoms with Crippen LogP contribution in [0, 0.1) is 0 Å². The molecule has 1 aliphatic heterocycles. The first-order valence-electron chi connectivity index (χ1n) is 7.58. The molecule has 0 spiro atoms. The zero-order valence-electron chi connectivity index (χ0n) is 13.7. The first-order chi connectivity index (χ1) is 11.2. The number of carbonyl (C=O) groups excluding carboxylic acids is 3. The van der Waals surface area contributed by atoms with E-state index >= 15 is 0 Å². The SMILES string of the molecule is CC(C)(C)NC(=O)Nc1ccc2nc(N3C(=O)CCC3=O)sc2c1. The number of rotatable bonds is 2. The predicted octanol–water partition coefficient (Wildman–Crippen LogP) is 2.87. The number of hydrogen-bond acceptors (Lipinski definition) is 5. The highest BCUT2D eigenvalue weighted by Gasteiger charge is 2.32. The van der Waals surface area contributed by atoms with Crippen LogP contribution in [-0.2, 0) is 9.59 Å². The summed E-state index contributed by atoms with van der Waals surface area (Å²) in [6.45, 7) is 5.69. The largest absolute Gasteiger partial charge is 0.333 e. The molecular weight excluding hydrogens is 328 g/mol. The monoisotopic (exact) mass is 346 g/mol. The van der Waals surface area contributed by atoms with Crippen LogP contribution in [0.1, 0.15) is 33.6 Å². The van der Waals surface area contributed by atoms with Crippen molar-refractivity contribution in [2.24, 2.45) is 0 Å². The fourth-order valence-electron chi connectivity index (χ4n) is 2.38. The number of urea groups is 1. The lowest BCUT2D eigenvalue weighted by Crippen LogP contribution is -2.43. The lowest BCUT2D eigenvalue weighted by Gasteiger charge is -2.20. The second-order valence-electron chi connectivity index (χ2n) is 6.63. The van der Waals surface area contributed by atoms with Gasteiger partial charge in [-0.1, -0.05) is 11.3 Å². The molecule has 1 aromatic heterocycles. The summed E-state index contributed by atoms with van der Waals surface area (Å²) in [6.07, 6.45) is 0.461. The third kappa shape index (κ3) is 3.38. The molecule has 2 aromatic rings. The Morgan fingerprint density at radius 3 is 2.50 bits per heavy atom. The lowest BCUT2D eigenvalue weighted by molar-refractivity contribution is -0.121. The van der Waals surface area contributed by atoms with Crippen molar-refractivity contribution in [2.45, 2.75) is 39.2 Å². The fraction of sp³-hybridized carbons (Fsp3) is 0.375. The van der Waals surface area contributed by atoms with Crippen LogP contribution in [-0.4, -0.2) is 28.4 Å². The molecule has 2 heterocycles. The summed E-state index contributed by atoms with van der Waals surface area (Å²) in [6, 6.07) is 4.98. The highest BCUT2D eigenvalue weighted by atomic mass is 32.1. The van der Waals surface area contributed by atoms with E-state index < -0.39 is 0 Å². The number of anilines is 2. The zero-order valence-corrected chi connectivity index (χ0v) is 14.5. The molecule has 3 rings (SSSR count). The first kappa shape index (κ1) is 16.4. The average Bonchev–Trinajstić information content (AvgIpc) is 2.99. The van der Waals surface area contributed by atoms with Crippen LogP contribution >= 0.6 is 11.3 Å². The minimum atomic E-state index is -0.331. The van der Waals surface area contributed by atoms with Gasteiger partial charge >= 0.3 is 6.03 Å². The molecule has 1 aliphatic rings. The van der Waals surface area contributed by atoms with Crippen molar-refractivity contribution in [1.82, 2.24) is 10.3 Å². The fourth-order valence-corrected chi connectivity index (χ4v) is 3.42. The van der Waals surface area contributed by atoms with E-state index in [1.54, 1.807) is 18.2 Å². The van der Waals surface area contributed by atoms with E-state index in [0.29, 0.717) is 16.3 Å². The van der Waals surface area contributed by atoms with E-state index in [1.165, 1.54) is 11.3 Å². The van der Waals surface area contributed by atoms with Crippen LogP contribution in [0.15, 0.2) is 18.2 Å². The number of imide groups is 1. The van der Waals surface area contributed by atoms with Gasteiger partial charge in [0.2, 0.25) is 11.8 Å². The molecule has 4 amide bonds. The van der Waals surface area contributed by atoms with Crippen LogP contribution < -0.4 is 15.5 Å². The Morgan fingerprint density at radius 2 is 1.88 bits per heavy atom. The molecule has 0 saturated carbocycles. The quantitative estimate of drug-likeness (QED) is 0.818. The summed E-state index contributed by atoms with van der Waals surface area (Å²) in [4.78, 5) is 41.1. The molecule has 0 bridgehead atoms. The maximum Gasteiger partial charge on any atom is 0.319 e. The molecule has 8 heteroatoms. The Morgan fingerprint density at radius 1 is 1.21 bits per heavy atom. The number of nitrogens with one attached hydrogen (secondary N) is 2. The van der Waals surface area contributed by atoms with E-state index in [4.69, 9.17) is 0 Å². The number of thiazole rings is 1. The van der Waals surface area contributed by atoms with Crippen molar-refractivity contribution in [3.8, 4) is 0 Å². The number of amides is 4. The minimum Gasteiger partial charge on any atom is -0.333 e. The van der Waals surface area contributed by atoms with Gasteiger partial charge in [-0.25, -0.2) is 14.7 Å². The maximum atomic E-state index is 11.9. The van der Waals surface area contributed by atoms with Crippen molar-refractivity contribution in [1.29, 1.82) is 0 Å². The lowest BCUT2D eigenvalue weighted by atomic mass is 10.1. The van der Waals surface area contributed by atoms with E-state index in [0.717, 1.165) is 9.60 Å². The molecule has 0 atom stereocenters. The van der Waals surface area contributed by atoms with Gasteiger partial charge in [0.15, 0.2) is 5.13 Å². The summed E-state index contributed by atoms with van der Waals surface area (Å²) in [7, 11) is 0. The smallest absolute Gasteiger partial charge is 0.319 e. The summed E-state index contributed by atoms with van der Waals surface area (Å²) in [5.74, 6) is -0.441. The van der Waals surface area contributed by atoms with Gasteiger partial charge in [0, 0.05) is 24.1 Å². The van der Waals surface area contributed by atoms with Crippen LogP contribution in [0.4, 0.5) is 15.6 Å². The summed E-state index contributed by atoms with van der Waals surface area (Å²) in [5.41, 5.74) is 0.977. The molecule has 24 heavy (non-hydrogen) atoms. The van der Waals surface area contributed by atoms with Gasteiger partial charge < -0.3 is 10.6 Å². The number of hydrogen-bond donors (Lipinski definition) is 2. The van der Waals surface area contributed by atoms with Crippen LogP contribution in [0.25, 0.3) is 10.2 Å². The number of aromatic nitrogens is 1. The second kappa shape index (κ2) is 5.86. The van der Waals surface area contributed by atoms with Crippen molar-refractivity contribution < 1.29 is 14.4 Å². The molecule has 1 aromatic carbocycles. The Kier molecular flexibility index (Phi) is 4.00. The van der Waals surface area contributed by atoms with Gasteiger partial charge in [0.1, 0.15) is 0 Å². The van der Waals surface area contributed by atoms with Crippen LogP contribution in [0.3, 0.4) is 0 Å². The Labute approximate surface area is 143 Å². The van der Waals surface area contributed by atoms with Crippen molar-refractivity contribution in [3.05, 3.63) is 18.2 Å². The van der Waals surface area contributed by atoms with Crippen LogP contribution in [0.2, 0.25) is 0 Å². The molecule has 7 nitrogen and oxygen atoms in total. The molecule has 0 unspecified atom stereocenters. The van der Waals surface area contributed by atoms with Gasteiger partial charge in [-0.05, 0) is 39.0 Å². The molecule has 126 valence electrons. The van der Waals surface area contributed by atoms with Gasteiger partial charge in [0.05, 0.1) is 10.2 Å². The first-order valence-corrected chi connectivity index (χ1v) is 8.40. The summed E-state index contributed by atoms with van der Waals surface area (Å²) in [5, 5.41) is 5.97.